The standard InChI is InChI=1S/C13H15ClN2O/c1-16-7-6-11(15-16)8-10(9-17)12-4-2-3-5-13(12)14/h2-7,10,17H,8-9H2,1H3. The predicted molar refractivity (Wildman–Crippen MR) is 68.2 cm³/mol. The molecule has 4 heteroatoms. The molecule has 0 bridgehead atoms. The molecule has 1 N–H and O–H groups in total. The number of aliphatic hydroxyl groups is 1. The van der Waals surface area contributed by atoms with Gasteiger partial charge in [-0.25, -0.2) is 0 Å². The number of hydrogen-bond acceptors (Lipinski definition) is 2. The molecule has 1 atom stereocenters. The van der Waals surface area contributed by atoms with Crippen molar-refractivity contribution in [2.75, 3.05) is 6.61 Å². The first-order chi connectivity index (χ1) is 8.20. The Balaban J connectivity index is 2.20. The molecular formula is C13H15ClN2O. The maximum Gasteiger partial charge on any atom is 0.0631 e. The van der Waals surface area contributed by atoms with Crippen LogP contribution < -0.4 is 0 Å². The Bertz CT molecular complexity index is 496. The van der Waals surface area contributed by atoms with Gasteiger partial charge in [0.2, 0.25) is 0 Å². The first kappa shape index (κ1) is 12.1. The van der Waals surface area contributed by atoms with E-state index >= 15 is 0 Å². The van der Waals surface area contributed by atoms with Gasteiger partial charge in [-0.1, -0.05) is 29.8 Å². The number of aryl methyl sites for hydroxylation is 1. The summed E-state index contributed by atoms with van der Waals surface area (Å²) in [6.07, 6.45) is 2.59. The van der Waals surface area contributed by atoms with E-state index in [0.29, 0.717) is 11.4 Å². The molecule has 0 aliphatic heterocycles. The van der Waals surface area contributed by atoms with E-state index < -0.39 is 0 Å². The van der Waals surface area contributed by atoms with Crippen LogP contribution in [0.5, 0.6) is 0 Å². The van der Waals surface area contributed by atoms with Crippen LogP contribution in [-0.4, -0.2) is 21.5 Å². The third kappa shape index (κ3) is 2.87. The minimum atomic E-state index is -0.00130. The van der Waals surface area contributed by atoms with E-state index in [0.717, 1.165) is 11.3 Å². The smallest absolute Gasteiger partial charge is 0.0631 e. The van der Waals surface area contributed by atoms with E-state index in [-0.39, 0.29) is 12.5 Å². The fraction of sp³-hybridized carbons (Fsp3) is 0.308. The van der Waals surface area contributed by atoms with Gasteiger partial charge in [-0.3, -0.25) is 4.68 Å². The summed E-state index contributed by atoms with van der Waals surface area (Å²) in [4.78, 5) is 0. The van der Waals surface area contributed by atoms with Crippen LogP contribution in [0.3, 0.4) is 0 Å². The molecule has 1 aromatic carbocycles. The van der Waals surface area contributed by atoms with Crippen molar-refractivity contribution in [3.8, 4) is 0 Å². The van der Waals surface area contributed by atoms with Crippen LogP contribution in [0.1, 0.15) is 17.2 Å². The van der Waals surface area contributed by atoms with Crippen LogP contribution in [0.25, 0.3) is 0 Å². The van der Waals surface area contributed by atoms with Crippen molar-refractivity contribution in [2.24, 2.45) is 7.05 Å². The first-order valence-electron chi connectivity index (χ1n) is 5.54. The summed E-state index contributed by atoms with van der Waals surface area (Å²) in [5.74, 6) is -0.00130. The summed E-state index contributed by atoms with van der Waals surface area (Å²) >= 11 is 6.13. The van der Waals surface area contributed by atoms with Crippen LogP contribution in [0.15, 0.2) is 36.5 Å². The SMILES string of the molecule is Cn1ccc(CC(CO)c2ccccc2Cl)n1. The molecular weight excluding hydrogens is 236 g/mol. The second-order valence-electron chi connectivity index (χ2n) is 4.09. The lowest BCUT2D eigenvalue weighted by atomic mass is 9.95. The maximum absolute atomic E-state index is 9.48. The van der Waals surface area contributed by atoms with Crippen molar-refractivity contribution in [1.29, 1.82) is 0 Å². The van der Waals surface area contributed by atoms with E-state index in [1.807, 2.05) is 43.6 Å². The fourth-order valence-corrected chi connectivity index (χ4v) is 2.19. The number of rotatable bonds is 4. The minimum absolute atomic E-state index is 0.00130. The molecule has 0 saturated carbocycles. The van der Waals surface area contributed by atoms with Gasteiger partial charge in [0.15, 0.2) is 0 Å². The molecule has 17 heavy (non-hydrogen) atoms. The molecule has 2 rings (SSSR count). The average molecular weight is 251 g/mol. The largest absolute Gasteiger partial charge is 0.396 e. The van der Waals surface area contributed by atoms with Crippen molar-refractivity contribution in [1.82, 2.24) is 9.78 Å². The zero-order valence-electron chi connectivity index (χ0n) is 9.68. The fourth-order valence-electron chi connectivity index (χ4n) is 1.90. The Labute approximate surface area is 106 Å². The monoisotopic (exact) mass is 250 g/mol. The Hall–Kier alpha value is -1.32. The summed E-state index contributed by atoms with van der Waals surface area (Å²) in [5.41, 5.74) is 1.94. The molecule has 1 unspecified atom stereocenters. The van der Waals surface area contributed by atoms with Crippen molar-refractivity contribution in [3.63, 3.8) is 0 Å². The Morgan fingerprint density at radius 2 is 2.12 bits per heavy atom. The van der Waals surface area contributed by atoms with Crippen molar-refractivity contribution in [3.05, 3.63) is 52.8 Å². The van der Waals surface area contributed by atoms with Gasteiger partial charge in [-0.15, -0.1) is 0 Å². The molecule has 2 aromatic rings. The van der Waals surface area contributed by atoms with E-state index in [2.05, 4.69) is 5.10 Å². The molecule has 0 spiro atoms. The van der Waals surface area contributed by atoms with Crippen LogP contribution in [0, 0.1) is 0 Å². The van der Waals surface area contributed by atoms with Crippen LogP contribution in [-0.2, 0) is 13.5 Å². The van der Waals surface area contributed by atoms with Gasteiger partial charge in [0.25, 0.3) is 0 Å². The number of aliphatic hydroxyl groups excluding tert-OH is 1. The van der Waals surface area contributed by atoms with Gasteiger partial charge in [-0.05, 0) is 17.7 Å². The van der Waals surface area contributed by atoms with Gasteiger partial charge >= 0.3 is 0 Å². The lowest BCUT2D eigenvalue weighted by Gasteiger charge is -2.14. The molecule has 0 saturated heterocycles. The van der Waals surface area contributed by atoms with E-state index in [4.69, 9.17) is 11.6 Å². The lowest BCUT2D eigenvalue weighted by Crippen LogP contribution is -2.09. The highest BCUT2D eigenvalue weighted by Gasteiger charge is 2.15. The van der Waals surface area contributed by atoms with Gasteiger partial charge < -0.3 is 5.11 Å². The average Bonchev–Trinajstić information content (AvgIpc) is 2.73. The topological polar surface area (TPSA) is 38.0 Å². The Kier molecular flexibility index (Phi) is 3.82. The second kappa shape index (κ2) is 5.34. The van der Waals surface area contributed by atoms with Crippen LogP contribution >= 0.6 is 11.6 Å². The molecule has 0 aliphatic rings. The highest BCUT2D eigenvalue weighted by Crippen LogP contribution is 2.26. The number of halogens is 1. The quantitative estimate of drug-likeness (QED) is 0.905. The second-order valence-corrected chi connectivity index (χ2v) is 4.49. The maximum atomic E-state index is 9.48. The van der Waals surface area contributed by atoms with Crippen LogP contribution in [0.2, 0.25) is 5.02 Å². The normalized spacial score (nSPS) is 12.6. The highest BCUT2D eigenvalue weighted by atomic mass is 35.5. The number of benzene rings is 1. The van der Waals surface area contributed by atoms with Crippen molar-refractivity contribution >= 4 is 11.6 Å². The highest BCUT2D eigenvalue weighted by molar-refractivity contribution is 6.31. The molecule has 0 fully saturated rings. The van der Waals surface area contributed by atoms with Crippen molar-refractivity contribution in [2.45, 2.75) is 12.3 Å². The number of aromatic nitrogens is 2. The van der Waals surface area contributed by atoms with Gasteiger partial charge in [0.1, 0.15) is 0 Å². The van der Waals surface area contributed by atoms with Crippen LogP contribution in [0.4, 0.5) is 0 Å². The van der Waals surface area contributed by atoms with E-state index in [1.54, 1.807) is 4.68 Å². The summed E-state index contributed by atoms with van der Waals surface area (Å²) in [6, 6.07) is 9.58. The first-order valence-corrected chi connectivity index (χ1v) is 5.92. The minimum Gasteiger partial charge on any atom is -0.396 e. The molecule has 0 radical (unpaired) electrons. The summed E-state index contributed by atoms with van der Waals surface area (Å²) < 4.78 is 1.76. The third-order valence-corrected chi connectivity index (χ3v) is 3.13. The van der Waals surface area contributed by atoms with E-state index in [9.17, 15) is 5.11 Å². The van der Waals surface area contributed by atoms with Gasteiger partial charge in [-0.2, -0.15) is 5.10 Å². The Morgan fingerprint density at radius 1 is 1.35 bits per heavy atom. The number of hydrogen-bond donors (Lipinski definition) is 1. The van der Waals surface area contributed by atoms with E-state index in [1.165, 1.54) is 0 Å². The van der Waals surface area contributed by atoms with Gasteiger partial charge in [0, 0.05) is 30.6 Å². The third-order valence-electron chi connectivity index (χ3n) is 2.79. The molecule has 1 heterocycles. The van der Waals surface area contributed by atoms with Gasteiger partial charge in [0.05, 0.1) is 12.3 Å². The Morgan fingerprint density at radius 3 is 2.71 bits per heavy atom. The number of nitrogens with zero attached hydrogens (tertiary/aromatic N) is 2. The molecule has 0 aliphatic carbocycles. The molecule has 0 amide bonds. The molecule has 1 aromatic heterocycles. The summed E-state index contributed by atoms with van der Waals surface area (Å²) in [6.45, 7) is 0.0697. The van der Waals surface area contributed by atoms with Crippen molar-refractivity contribution < 1.29 is 5.11 Å². The zero-order chi connectivity index (χ0) is 12.3. The molecule has 3 nitrogen and oxygen atoms in total. The summed E-state index contributed by atoms with van der Waals surface area (Å²) in [5, 5.41) is 14.5. The molecule has 90 valence electrons. The predicted octanol–water partition coefficient (Wildman–Crippen LogP) is 2.39. The zero-order valence-corrected chi connectivity index (χ0v) is 10.4. The lowest BCUT2D eigenvalue weighted by molar-refractivity contribution is 0.263. The summed E-state index contributed by atoms with van der Waals surface area (Å²) in [7, 11) is 1.88.